The van der Waals surface area contributed by atoms with Crippen molar-refractivity contribution >= 4 is 28.7 Å². The van der Waals surface area contributed by atoms with Gasteiger partial charge >= 0.3 is 5.97 Å². The van der Waals surface area contributed by atoms with Gasteiger partial charge in [0.25, 0.3) is 0 Å². The highest BCUT2D eigenvalue weighted by Crippen LogP contribution is 2.20. The Labute approximate surface area is 187 Å². The molecule has 3 unspecified atom stereocenters. The second-order valence-electron chi connectivity index (χ2n) is 8.25. The van der Waals surface area contributed by atoms with Gasteiger partial charge in [0.15, 0.2) is 0 Å². The molecule has 8 heteroatoms. The molecular formula is C24H31N3O5. The topological polar surface area (TPSA) is 121 Å². The monoisotopic (exact) mass is 441 g/mol. The van der Waals surface area contributed by atoms with E-state index in [0.29, 0.717) is 19.3 Å². The number of allylic oxidation sites excluding steroid dienone is 2. The first-order valence-electron chi connectivity index (χ1n) is 11.0. The molecule has 0 saturated heterocycles. The molecule has 1 aliphatic heterocycles. The Morgan fingerprint density at radius 3 is 2.91 bits per heavy atom. The lowest BCUT2D eigenvalue weighted by Gasteiger charge is -2.23. The summed E-state index contributed by atoms with van der Waals surface area (Å²) in [5.41, 5.74) is 2.01. The number of esters is 1. The lowest BCUT2D eigenvalue weighted by Crippen LogP contribution is -2.45. The van der Waals surface area contributed by atoms with Crippen LogP contribution in [0.4, 0.5) is 0 Å². The van der Waals surface area contributed by atoms with Gasteiger partial charge in [-0.15, -0.1) is 0 Å². The zero-order valence-electron chi connectivity index (χ0n) is 18.3. The number of aliphatic hydroxyl groups excluding tert-OH is 1. The molecule has 0 bridgehead atoms. The van der Waals surface area contributed by atoms with E-state index in [1.165, 1.54) is 0 Å². The number of fused-ring (bicyclic) bond motifs is 1. The van der Waals surface area contributed by atoms with Gasteiger partial charge in [-0.05, 0) is 37.8 Å². The third kappa shape index (κ3) is 6.68. The molecule has 3 atom stereocenters. The maximum atomic E-state index is 13.1. The predicted molar refractivity (Wildman–Crippen MR) is 121 cm³/mol. The first kappa shape index (κ1) is 23.5. The summed E-state index contributed by atoms with van der Waals surface area (Å²) in [6, 6.07) is 7.09. The van der Waals surface area contributed by atoms with Gasteiger partial charge in [0.05, 0.1) is 18.6 Å². The van der Waals surface area contributed by atoms with E-state index in [0.717, 1.165) is 16.5 Å². The number of hydrogen-bond acceptors (Lipinski definition) is 5. The molecule has 0 saturated carbocycles. The maximum absolute atomic E-state index is 13.1. The van der Waals surface area contributed by atoms with Crippen LogP contribution in [0.1, 0.15) is 38.2 Å². The number of rotatable bonds is 6. The van der Waals surface area contributed by atoms with E-state index < -0.39 is 12.0 Å². The van der Waals surface area contributed by atoms with Crippen LogP contribution in [-0.2, 0) is 25.5 Å². The number of benzene rings is 1. The van der Waals surface area contributed by atoms with Gasteiger partial charge in [0.1, 0.15) is 6.61 Å². The lowest BCUT2D eigenvalue weighted by molar-refractivity contribution is -0.145. The van der Waals surface area contributed by atoms with Gasteiger partial charge in [-0.25, -0.2) is 0 Å². The number of carbonyl (C=O) groups is 3. The van der Waals surface area contributed by atoms with Crippen LogP contribution in [0, 0.1) is 5.92 Å². The van der Waals surface area contributed by atoms with E-state index in [1.807, 2.05) is 42.6 Å². The van der Waals surface area contributed by atoms with Crippen molar-refractivity contribution in [3.63, 3.8) is 0 Å². The minimum Gasteiger partial charge on any atom is -0.463 e. The summed E-state index contributed by atoms with van der Waals surface area (Å²) in [6.07, 6.45) is 7.24. The van der Waals surface area contributed by atoms with Crippen LogP contribution in [-0.4, -0.2) is 53.2 Å². The molecule has 4 N–H and O–H groups in total. The van der Waals surface area contributed by atoms with E-state index in [9.17, 15) is 14.4 Å². The predicted octanol–water partition coefficient (Wildman–Crippen LogP) is 1.98. The van der Waals surface area contributed by atoms with E-state index in [-0.39, 0.29) is 49.9 Å². The van der Waals surface area contributed by atoms with Crippen molar-refractivity contribution < 1.29 is 24.2 Å². The van der Waals surface area contributed by atoms with Crippen molar-refractivity contribution in [2.75, 3.05) is 13.2 Å². The molecule has 32 heavy (non-hydrogen) atoms. The summed E-state index contributed by atoms with van der Waals surface area (Å²) in [7, 11) is 0. The fourth-order valence-electron chi connectivity index (χ4n) is 3.77. The van der Waals surface area contributed by atoms with E-state index >= 15 is 0 Å². The highest BCUT2D eigenvalue weighted by atomic mass is 16.5. The minimum absolute atomic E-state index is 0.0140. The molecule has 3 rings (SSSR count). The summed E-state index contributed by atoms with van der Waals surface area (Å²) in [4.78, 5) is 40.7. The summed E-state index contributed by atoms with van der Waals surface area (Å²) >= 11 is 0. The molecule has 1 aromatic carbocycles. The molecular weight excluding hydrogens is 410 g/mol. The van der Waals surface area contributed by atoms with Crippen LogP contribution in [0.25, 0.3) is 10.9 Å². The quantitative estimate of drug-likeness (QED) is 0.404. The molecule has 0 radical (unpaired) electrons. The van der Waals surface area contributed by atoms with Gasteiger partial charge in [-0.2, -0.15) is 0 Å². The van der Waals surface area contributed by atoms with Gasteiger partial charge < -0.3 is 25.5 Å². The Morgan fingerprint density at radius 1 is 1.28 bits per heavy atom. The van der Waals surface area contributed by atoms with Crippen molar-refractivity contribution in [1.82, 2.24) is 15.6 Å². The number of amides is 2. The van der Waals surface area contributed by atoms with Gasteiger partial charge in [-0.3, -0.25) is 14.4 Å². The number of para-hydroxylation sites is 1. The first-order chi connectivity index (χ1) is 15.5. The summed E-state index contributed by atoms with van der Waals surface area (Å²) in [6.45, 7) is 1.60. The van der Waals surface area contributed by atoms with Crippen molar-refractivity contribution in [1.29, 1.82) is 0 Å². The number of aromatic amines is 1. The van der Waals surface area contributed by atoms with Gasteiger partial charge in [0, 0.05) is 36.0 Å². The largest absolute Gasteiger partial charge is 0.463 e. The third-order valence-electron chi connectivity index (χ3n) is 5.52. The number of aromatic nitrogens is 1. The number of carbonyl (C=O) groups excluding carboxylic acids is 3. The molecule has 2 heterocycles. The van der Waals surface area contributed by atoms with Crippen LogP contribution in [0.15, 0.2) is 42.6 Å². The molecule has 172 valence electrons. The SMILES string of the molecule is CC(CO)NC(=O)CC1CC=CCCC(=O)OCC(Cc2c[nH]c3ccccc23)NC1=O. The molecule has 8 nitrogen and oxygen atoms in total. The number of cyclic esters (lactones) is 1. The summed E-state index contributed by atoms with van der Waals surface area (Å²) < 4.78 is 5.42. The molecule has 2 aromatic rings. The summed E-state index contributed by atoms with van der Waals surface area (Å²) in [5, 5.41) is 15.9. The Bertz CT molecular complexity index is 967. The van der Waals surface area contributed by atoms with Gasteiger partial charge in [0.2, 0.25) is 11.8 Å². The van der Waals surface area contributed by atoms with Gasteiger partial charge in [-0.1, -0.05) is 30.4 Å². The Hall–Kier alpha value is -3.13. The van der Waals surface area contributed by atoms with Crippen LogP contribution in [0.3, 0.4) is 0 Å². The average molecular weight is 442 g/mol. The van der Waals surface area contributed by atoms with Crippen molar-refractivity contribution in [3.05, 3.63) is 48.2 Å². The molecule has 2 amide bonds. The first-order valence-corrected chi connectivity index (χ1v) is 11.0. The number of H-pyrrole nitrogens is 1. The number of aliphatic hydroxyl groups is 1. The molecule has 1 aliphatic rings. The average Bonchev–Trinajstić information content (AvgIpc) is 3.18. The highest BCUT2D eigenvalue weighted by Gasteiger charge is 2.25. The smallest absolute Gasteiger partial charge is 0.306 e. The summed E-state index contributed by atoms with van der Waals surface area (Å²) in [5.74, 6) is -1.41. The molecule has 0 spiro atoms. The van der Waals surface area contributed by atoms with E-state index in [4.69, 9.17) is 9.84 Å². The van der Waals surface area contributed by atoms with Crippen molar-refractivity contribution in [3.8, 4) is 0 Å². The second kappa shape index (κ2) is 11.5. The van der Waals surface area contributed by atoms with E-state index in [2.05, 4.69) is 15.6 Å². The standard InChI is InChI=1S/C24H31N3O5/c1-16(14-28)26-22(29)12-17-7-3-2-4-10-23(30)32-15-19(27-24(17)31)11-18-13-25-21-9-6-5-8-20(18)21/h2-3,5-6,8-9,13,16-17,19,25,28H,4,7,10-12,14-15H2,1H3,(H,26,29)(H,27,31). The number of hydrogen-bond donors (Lipinski definition) is 4. The Kier molecular flexibility index (Phi) is 8.44. The zero-order valence-corrected chi connectivity index (χ0v) is 18.3. The highest BCUT2D eigenvalue weighted by molar-refractivity contribution is 5.86. The second-order valence-corrected chi connectivity index (χ2v) is 8.25. The van der Waals surface area contributed by atoms with Crippen molar-refractivity contribution in [2.45, 2.75) is 51.1 Å². The van der Waals surface area contributed by atoms with Crippen LogP contribution < -0.4 is 10.6 Å². The number of ether oxygens (including phenoxy) is 1. The third-order valence-corrected chi connectivity index (χ3v) is 5.52. The lowest BCUT2D eigenvalue weighted by atomic mass is 9.97. The molecule has 0 fully saturated rings. The zero-order chi connectivity index (χ0) is 22.9. The Morgan fingerprint density at radius 2 is 2.09 bits per heavy atom. The molecule has 1 aromatic heterocycles. The minimum atomic E-state index is -0.558. The normalized spacial score (nSPS) is 21.2. The number of nitrogens with one attached hydrogen (secondary N) is 3. The van der Waals surface area contributed by atoms with Crippen LogP contribution >= 0.6 is 0 Å². The fourth-order valence-corrected chi connectivity index (χ4v) is 3.77. The maximum Gasteiger partial charge on any atom is 0.306 e. The fraction of sp³-hybridized carbons (Fsp3) is 0.458. The van der Waals surface area contributed by atoms with Crippen LogP contribution in [0.5, 0.6) is 0 Å². The van der Waals surface area contributed by atoms with E-state index in [1.54, 1.807) is 6.92 Å². The van der Waals surface area contributed by atoms with Crippen molar-refractivity contribution in [2.24, 2.45) is 5.92 Å². The Balaban J connectivity index is 1.75. The molecule has 0 aliphatic carbocycles. The van der Waals surface area contributed by atoms with Crippen LogP contribution in [0.2, 0.25) is 0 Å².